The Kier molecular flexibility index (Phi) is 4.16. The van der Waals surface area contributed by atoms with Crippen molar-refractivity contribution >= 4 is 0 Å². The molecule has 2 N–H and O–H groups in total. The maximum Gasteiger partial charge on any atom is 0.0332 e. The van der Waals surface area contributed by atoms with Crippen LogP contribution in [-0.2, 0) is 0 Å². The van der Waals surface area contributed by atoms with Gasteiger partial charge in [0.25, 0.3) is 0 Å². The summed E-state index contributed by atoms with van der Waals surface area (Å²) in [6.45, 7) is 3.42. The van der Waals surface area contributed by atoms with E-state index in [4.69, 9.17) is 5.73 Å². The lowest BCUT2D eigenvalue weighted by Crippen LogP contribution is -2.56. The van der Waals surface area contributed by atoms with Crippen LogP contribution in [0.1, 0.15) is 57.8 Å². The van der Waals surface area contributed by atoms with Gasteiger partial charge in [0, 0.05) is 37.3 Å². The molecule has 1 aliphatic carbocycles. The number of fused-ring (bicyclic) bond motifs is 2. The molecule has 3 aliphatic rings. The van der Waals surface area contributed by atoms with E-state index < -0.39 is 0 Å². The zero-order chi connectivity index (χ0) is 13.3. The lowest BCUT2D eigenvalue weighted by Gasteiger charge is -2.44. The number of likely N-dealkylation sites (tertiary alicyclic amines) is 1. The first-order valence-corrected chi connectivity index (χ1v) is 8.42. The summed E-state index contributed by atoms with van der Waals surface area (Å²) in [7, 11) is 2.34. The normalized spacial score (nSPS) is 36.9. The van der Waals surface area contributed by atoms with Gasteiger partial charge in [-0.15, -0.1) is 0 Å². The summed E-state index contributed by atoms with van der Waals surface area (Å²) in [5.74, 6) is 0. The van der Waals surface area contributed by atoms with Crippen molar-refractivity contribution in [2.45, 2.75) is 75.4 Å². The lowest BCUT2D eigenvalue weighted by atomic mass is 9.87. The Hall–Kier alpha value is -0.120. The van der Waals surface area contributed by atoms with E-state index in [1.54, 1.807) is 0 Å². The first kappa shape index (κ1) is 13.8. The topological polar surface area (TPSA) is 32.5 Å². The predicted molar refractivity (Wildman–Crippen MR) is 80.3 cm³/mol. The van der Waals surface area contributed by atoms with E-state index in [9.17, 15) is 0 Å². The van der Waals surface area contributed by atoms with Crippen LogP contribution in [0.2, 0.25) is 0 Å². The van der Waals surface area contributed by atoms with Gasteiger partial charge >= 0.3 is 0 Å². The van der Waals surface area contributed by atoms with Crippen molar-refractivity contribution in [3.63, 3.8) is 0 Å². The molecule has 110 valence electrons. The summed E-state index contributed by atoms with van der Waals surface area (Å²) < 4.78 is 0. The van der Waals surface area contributed by atoms with Crippen molar-refractivity contribution in [2.75, 3.05) is 26.7 Å². The molecule has 0 aromatic carbocycles. The maximum absolute atomic E-state index is 6.27. The Bertz CT molecular complexity index is 296. The SMILES string of the molecule is CN1C2CCC1CN(C1(CN)CCCCCC1)CC2. The highest BCUT2D eigenvalue weighted by Crippen LogP contribution is 2.36. The molecule has 2 aliphatic heterocycles. The summed E-state index contributed by atoms with van der Waals surface area (Å²) in [4.78, 5) is 5.46. The van der Waals surface area contributed by atoms with E-state index in [2.05, 4.69) is 16.8 Å². The Morgan fingerprint density at radius 2 is 1.68 bits per heavy atom. The van der Waals surface area contributed by atoms with Gasteiger partial charge in [-0.2, -0.15) is 0 Å². The molecular weight excluding hydrogens is 234 g/mol. The van der Waals surface area contributed by atoms with Gasteiger partial charge in [0.05, 0.1) is 0 Å². The zero-order valence-electron chi connectivity index (χ0n) is 12.6. The summed E-state index contributed by atoms with van der Waals surface area (Å²) >= 11 is 0. The number of nitrogens with zero attached hydrogens (tertiary/aromatic N) is 2. The third-order valence-corrected chi connectivity index (χ3v) is 6.23. The predicted octanol–water partition coefficient (Wildman–Crippen LogP) is 2.21. The first-order valence-electron chi connectivity index (χ1n) is 8.42. The van der Waals surface area contributed by atoms with Crippen LogP contribution < -0.4 is 5.73 Å². The van der Waals surface area contributed by atoms with Gasteiger partial charge in [-0.1, -0.05) is 25.7 Å². The van der Waals surface area contributed by atoms with Crippen LogP contribution in [0.25, 0.3) is 0 Å². The number of likely N-dealkylation sites (N-methyl/N-ethyl adjacent to an activating group) is 1. The molecule has 19 heavy (non-hydrogen) atoms. The minimum atomic E-state index is 0.335. The van der Waals surface area contributed by atoms with Crippen LogP contribution >= 0.6 is 0 Å². The van der Waals surface area contributed by atoms with Crippen molar-refractivity contribution in [3.8, 4) is 0 Å². The van der Waals surface area contributed by atoms with Gasteiger partial charge in [-0.3, -0.25) is 9.80 Å². The van der Waals surface area contributed by atoms with Gasteiger partial charge < -0.3 is 5.73 Å². The molecule has 0 spiro atoms. The van der Waals surface area contributed by atoms with Gasteiger partial charge in [-0.05, 0) is 39.2 Å². The molecule has 0 aromatic rings. The fourth-order valence-electron chi connectivity index (χ4n) is 4.78. The quantitative estimate of drug-likeness (QED) is 0.777. The molecule has 3 nitrogen and oxygen atoms in total. The molecule has 2 unspecified atom stereocenters. The summed E-state index contributed by atoms with van der Waals surface area (Å²) in [6.07, 6.45) is 12.5. The average Bonchev–Trinajstić information content (AvgIpc) is 2.60. The Morgan fingerprint density at radius 1 is 1.00 bits per heavy atom. The van der Waals surface area contributed by atoms with E-state index in [-0.39, 0.29) is 0 Å². The average molecular weight is 265 g/mol. The second-order valence-electron chi connectivity index (χ2n) is 7.13. The zero-order valence-corrected chi connectivity index (χ0v) is 12.6. The molecule has 3 rings (SSSR count). The number of hydrogen-bond acceptors (Lipinski definition) is 3. The number of nitrogens with two attached hydrogens (primary N) is 1. The lowest BCUT2D eigenvalue weighted by molar-refractivity contribution is 0.0681. The smallest absolute Gasteiger partial charge is 0.0332 e. The molecule has 0 amide bonds. The Labute approximate surface area is 118 Å². The summed E-state index contributed by atoms with van der Waals surface area (Å²) in [5, 5.41) is 0. The van der Waals surface area contributed by atoms with E-state index in [1.807, 2.05) is 0 Å². The van der Waals surface area contributed by atoms with Crippen LogP contribution in [0, 0.1) is 0 Å². The standard InChI is InChI=1S/C16H31N3/c1-18-14-6-7-15(18)12-19(11-8-14)16(13-17)9-4-2-3-5-10-16/h14-15H,2-13,17H2,1H3. The Morgan fingerprint density at radius 3 is 2.37 bits per heavy atom. The second kappa shape index (κ2) is 5.71. The highest BCUT2D eigenvalue weighted by Gasteiger charge is 2.42. The monoisotopic (exact) mass is 265 g/mol. The first-order chi connectivity index (χ1) is 9.25. The Balaban J connectivity index is 1.75. The van der Waals surface area contributed by atoms with Crippen LogP contribution in [0.5, 0.6) is 0 Å². The summed E-state index contributed by atoms with van der Waals surface area (Å²) in [5.41, 5.74) is 6.60. The van der Waals surface area contributed by atoms with E-state index >= 15 is 0 Å². The third-order valence-electron chi connectivity index (χ3n) is 6.23. The van der Waals surface area contributed by atoms with Crippen molar-refractivity contribution in [3.05, 3.63) is 0 Å². The van der Waals surface area contributed by atoms with Gasteiger partial charge in [-0.25, -0.2) is 0 Å². The third kappa shape index (κ3) is 2.57. The van der Waals surface area contributed by atoms with Crippen molar-refractivity contribution in [2.24, 2.45) is 5.73 Å². The molecule has 2 bridgehead atoms. The number of hydrogen-bond donors (Lipinski definition) is 1. The second-order valence-corrected chi connectivity index (χ2v) is 7.13. The molecule has 2 atom stereocenters. The van der Waals surface area contributed by atoms with Crippen LogP contribution in [0.3, 0.4) is 0 Å². The van der Waals surface area contributed by atoms with E-state index in [0.717, 1.165) is 18.6 Å². The van der Waals surface area contributed by atoms with Gasteiger partial charge in [0.15, 0.2) is 0 Å². The fourth-order valence-corrected chi connectivity index (χ4v) is 4.78. The van der Waals surface area contributed by atoms with E-state index in [1.165, 1.54) is 70.9 Å². The molecular formula is C16H31N3. The summed E-state index contributed by atoms with van der Waals surface area (Å²) in [6, 6.07) is 1.63. The largest absolute Gasteiger partial charge is 0.329 e. The van der Waals surface area contributed by atoms with Crippen molar-refractivity contribution in [1.82, 2.24) is 9.80 Å². The van der Waals surface area contributed by atoms with E-state index in [0.29, 0.717) is 5.54 Å². The number of rotatable bonds is 2. The van der Waals surface area contributed by atoms with Crippen LogP contribution in [0.4, 0.5) is 0 Å². The highest BCUT2D eigenvalue weighted by molar-refractivity contribution is 4.99. The molecule has 2 saturated heterocycles. The molecule has 0 aromatic heterocycles. The minimum Gasteiger partial charge on any atom is -0.329 e. The van der Waals surface area contributed by atoms with Crippen LogP contribution in [-0.4, -0.2) is 54.1 Å². The molecule has 3 heteroatoms. The fraction of sp³-hybridized carbons (Fsp3) is 1.00. The molecule has 0 radical (unpaired) electrons. The van der Waals surface area contributed by atoms with Crippen molar-refractivity contribution in [1.29, 1.82) is 0 Å². The molecule has 3 fully saturated rings. The minimum absolute atomic E-state index is 0.335. The molecule has 2 heterocycles. The van der Waals surface area contributed by atoms with Crippen LogP contribution in [0.15, 0.2) is 0 Å². The van der Waals surface area contributed by atoms with Crippen molar-refractivity contribution < 1.29 is 0 Å². The van der Waals surface area contributed by atoms with Gasteiger partial charge in [0.1, 0.15) is 0 Å². The highest BCUT2D eigenvalue weighted by atomic mass is 15.3. The van der Waals surface area contributed by atoms with Gasteiger partial charge in [0.2, 0.25) is 0 Å². The maximum atomic E-state index is 6.27. The molecule has 1 saturated carbocycles.